The number of amides is 2. The van der Waals surface area contributed by atoms with Crippen LogP contribution in [0.5, 0.6) is 0 Å². The number of nitrogens with one attached hydrogen (secondary N) is 1. The maximum atomic E-state index is 12.9. The van der Waals surface area contributed by atoms with E-state index in [4.69, 9.17) is 11.6 Å². The van der Waals surface area contributed by atoms with Gasteiger partial charge in [0.2, 0.25) is 5.91 Å². The summed E-state index contributed by atoms with van der Waals surface area (Å²) >= 11 is 5.90. The van der Waals surface area contributed by atoms with Gasteiger partial charge >= 0.3 is 0 Å². The molecule has 0 saturated carbocycles. The fourth-order valence-electron chi connectivity index (χ4n) is 4.00. The molecule has 0 unspecified atom stereocenters. The third kappa shape index (κ3) is 3.81. The van der Waals surface area contributed by atoms with E-state index in [1.807, 2.05) is 0 Å². The van der Waals surface area contributed by atoms with Gasteiger partial charge in [0.25, 0.3) is 11.6 Å². The molecule has 2 aromatic carbocycles. The number of imide groups is 1. The Kier molecular flexibility index (Phi) is 5.21. The SMILES string of the molecule is O=C1C[C@@H]([NH+]2CCN(c3ccc([N+](=O)[O-])cc3)CC2)C(=O)N1c1ccc(Cl)cc1. The molecule has 2 aliphatic heterocycles. The first-order chi connectivity index (χ1) is 13.9. The molecule has 0 aromatic heterocycles. The third-order valence-electron chi connectivity index (χ3n) is 5.56. The molecule has 2 fully saturated rings. The van der Waals surface area contributed by atoms with E-state index in [0.717, 1.165) is 23.7 Å². The number of hydrogen-bond acceptors (Lipinski definition) is 5. The molecule has 9 heteroatoms. The van der Waals surface area contributed by atoms with Crippen molar-refractivity contribution in [1.29, 1.82) is 0 Å². The highest BCUT2D eigenvalue weighted by atomic mass is 35.5. The van der Waals surface area contributed by atoms with Gasteiger partial charge in [0, 0.05) is 22.8 Å². The molecule has 8 nitrogen and oxygen atoms in total. The fraction of sp³-hybridized carbons (Fsp3) is 0.300. The second-order valence-electron chi connectivity index (χ2n) is 7.22. The second kappa shape index (κ2) is 7.81. The summed E-state index contributed by atoms with van der Waals surface area (Å²) in [4.78, 5) is 40.3. The predicted octanol–water partition coefficient (Wildman–Crippen LogP) is 1.29. The molecular formula is C20H20ClN4O4+. The zero-order valence-corrected chi connectivity index (χ0v) is 16.3. The molecule has 2 heterocycles. The molecule has 0 aliphatic carbocycles. The van der Waals surface area contributed by atoms with Gasteiger partial charge in [-0.25, -0.2) is 4.90 Å². The number of piperazine rings is 1. The van der Waals surface area contributed by atoms with Gasteiger partial charge in [0.15, 0.2) is 6.04 Å². The minimum absolute atomic E-state index is 0.0652. The minimum atomic E-state index is -0.416. The summed E-state index contributed by atoms with van der Waals surface area (Å²) in [6.07, 6.45) is 0.203. The number of nitro benzene ring substituents is 1. The van der Waals surface area contributed by atoms with E-state index in [0.29, 0.717) is 23.8 Å². The fourth-order valence-corrected chi connectivity index (χ4v) is 4.12. The highest BCUT2D eigenvalue weighted by molar-refractivity contribution is 6.30. The minimum Gasteiger partial charge on any atom is -0.360 e. The Bertz CT molecular complexity index is 940. The second-order valence-corrected chi connectivity index (χ2v) is 7.66. The molecule has 0 radical (unpaired) electrons. The van der Waals surface area contributed by atoms with E-state index in [2.05, 4.69) is 4.90 Å². The Morgan fingerprint density at radius 1 is 0.966 bits per heavy atom. The number of quaternary nitrogens is 1. The Hall–Kier alpha value is -2.97. The number of nitrogens with zero attached hydrogens (tertiary/aromatic N) is 3. The lowest BCUT2D eigenvalue weighted by atomic mass is 10.1. The quantitative estimate of drug-likeness (QED) is 0.462. The van der Waals surface area contributed by atoms with Gasteiger partial charge in [0.05, 0.1) is 43.2 Å². The van der Waals surface area contributed by atoms with Gasteiger partial charge in [-0.2, -0.15) is 0 Å². The van der Waals surface area contributed by atoms with Crippen LogP contribution < -0.4 is 14.7 Å². The average Bonchev–Trinajstić information content (AvgIpc) is 3.03. The third-order valence-corrected chi connectivity index (χ3v) is 5.81. The Labute approximate surface area is 172 Å². The van der Waals surface area contributed by atoms with Crippen molar-refractivity contribution in [2.75, 3.05) is 36.0 Å². The highest BCUT2D eigenvalue weighted by Crippen LogP contribution is 2.24. The molecule has 2 amide bonds. The summed E-state index contributed by atoms with van der Waals surface area (Å²) in [6.45, 7) is 2.86. The highest BCUT2D eigenvalue weighted by Gasteiger charge is 2.46. The van der Waals surface area contributed by atoms with Crippen LogP contribution in [0.15, 0.2) is 48.5 Å². The van der Waals surface area contributed by atoms with Crippen molar-refractivity contribution in [3.8, 4) is 0 Å². The van der Waals surface area contributed by atoms with Crippen molar-refractivity contribution < 1.29 is 19.4 Å². The molecule has 1 N–H and O–H groups in total. The molecule has 0 spiro atoms. The average molecular weight is 416 g/mol. The number of benzene rings is 2. The van der Waals surface area contributed by atoms with E-state index >= 15 is 0 Å². The number of rotatable bonds is 4. The van der Waals surface area contributed by atoms with Crippen molar-refractivity contribution in [1.82, 2.24) is 0 Å². The number of halogens is 1. The molecule has 2 aliphatic rings. The normalized spacial score (nSPS) is 20.4. The van der Waals surface area contributed by atoms with Gasteiger partial charge < -0.3 is 9.80 Å². The number of carbonyl (C=O) groups excluding carboxylic acids is 2. The summed E-state index contributed by atoms with van der Waals surface area (Å²) in [5.74, 6) is -0.358. The largest absolute Gasteiger partial charge is 0.360 e. The topological polar surface area (TPSA) is 88.2 Å². The van der Waals surface area contributed by atoms with E-state index in [-0.39, 0.29) is 30.0 Å². The molecule has 4 rings (SSSR count). The number of carbonyl (C=O) groups is 2. The number of anilines is 2. The van der Waals surface area contributed by atoms with Crippen molar-refractivity contribution in [3.63, 3.8) is 0 Å². The van der Waals surface area contributed by atoms with Crippen molar-refractivity contribution in [2.45, 2.75) is 12.5 Å². The van der Waals surface area contributed by atoms with E-state index < -0.39 is 4.92 Å². The van der Waals surface area contributed by atoms with Gasteiger partial charge in [0.1, 0.15) is 0 Å². The smallest absolute Gasteiger partial charge is 0.292 e. The first-order valence-corrected chi connectivity index (χ1v) is 9.78. The summed E-state index contributed by atoms with van der Waals surface area (Å²) in [5.41, 5.74) is 1.54. The molecular weight excluding hydrogens is 396 g/mol. The van der Waals surface area contributed by atoms with Crippen LogP contribution in [-0.2, 0) is 9.59 Å². The standard InChI is InChI=1S/C20H19ClN4O4/c21-14-1-3-16(4-2-14)24-19(26)13-18(20(24)27)23-11-9-22(10-12-23)15-5-7-17(8-6-15)25(28)29/h1-8,18H,9-13H2/p+1/t18-/m1/s1. The van der Waals surface area contributed by atoms with Crippen LogP contribution in [0.3, 0.4) is 0 Å². The Morgan fingerprint density at radius 3 is 2.14 bits per heavy atom. The number of hydrogen-bond donors (Lipinski definition) is 1. The lowest BCUT2D eigenvalue weighted by molar-refractivity contribution is -0.915. The van der Waals surface area contributed by atoms with Crippen LogP contribution in [0.25, 0.3) is 0 Å². The molecule has 2 aromatic rings. The lowest BCUT2D eigenvalue weighted by Gasteiger charge is -2.35. The van der Waals surface area contributed by atoms with Crippen LogP contribution in [-0.4, -0.2) is 49.0 Å². The first-order valence-electron chi connectivity index (χ1n) is 9.40. The van der Waals surface area contributed by atoms with E-state index in [1.165, 1.54) is 17.0 Å². The van der Waals surface area contributed by atoms with E-state index in [1.54, 1.807) is 36.4 Å². The van der Waals surface area contributed by atoms with Gasteiger partial charge in [-0.05, 0) is 36.4 Å². The lowest BCUT2D eigenvalue weighted by Crippen LogP contribution is -3.19. The predicted molar refractivity (Wildman–Crippen MR) is 108 cm³/mol. The summed E-state index contributed by atoms with van der Waals surface area (Å²) in [7, 11) is 0. The Morgan fingerprint density at radius 2 is 1.55 bits per heavy atom. The molecule has 150 valence electrons. The van der Waals surface area contributed by atoms with Gasteiger partial charge in [-0.15, -0.1) is 0 Å². The van der Waals surface area contributed by atoms with Crippen LogP contribution >= 0.6 is 11.6 Å². The molecule has 2 saturated heterocycles. The maximum absolute atomic E-state index is 12.9. The van der Waals surface area contributed by atoms with Crippen LogP contribution in [0, 0.1) is 10.1 Å². The monoisotopic (exact) mass is 415 g/mol. The van der Waals surface area contributed by atoms with Crippen LogP contribution in [0.1, 0.15) is 6.42 Å². The van der Waals surface area contributed by atoms with Crippen molar-refractivity contribution in [2.24, 2.45) is 0 Å². The number of non-ortho nitro benzene ring substituents is 1. The molecule has 29 heavy (non-hydrogen) atoms. The number of nitro groups is 1. The van der Waals surface area contributed by atoms with Gasteiger partial charge in [-0.1, -0.05) is 11.6 Å². The van der Waals surface area contributed by atoms with Crippen molar-refractivity contribution in [3.05, 3.63) is 63.7 Å². The summed E-state index contributed by atoms with van der Waals surface area (Å²) in [5, 5.41) is 11.4. The van der Waals surface area contributed by atoms with E-state index in [9.17, 15) is 19.7 Å². The van der Waals surface area contributed by atoms with Gasteiger partial charge in [-0.3, -0.25) is 19.7 Å². The Balaban J connectivity index is 1.41. The van der Waals surface area contributed by atoms with Crippen LogP contribution in [0.4, 0.5) is 17.1 Å². The maximum Gasteiger partial charge on any atom is 0.292 e. The molecule has 0 bridgehead atoms. The summed E-state index contributed by atoms with van der Waals surface area (Å²) in [6, 6.07) is 12.8. The zero-order chi connectivity index (χ0) is 20.5. The zero-order valence-electron chi connectivity index (χ0n) is 15.6. The van der Waals surface area contributed by atoms with Crippen LogP contribution in [0.2, 0.25) is 5.02 Å². The molecule has 1 atom stereocenters. The first kappa shape index (κ1) is 19.4. The summed E-state index contributed by atoms with van der Waals surface area (Å²) < 4.78 is 0. The van der Waals surface area contributed by atoms with Crippen molar-refractivity contribution >= 4 is 40.5 Å².